The lowest BCUT2D eigenvalue weighted by molar-refractivity contribution is 0.0397. The number of benzene rings is 7. The summed E-state index contributed by atoms with van der Waals surface area (Å²) in [6.07, 6.45) is 0.147. The molecule has 6 heterocycles. The van der Waals surface area contributed by atoms with Gasteiger partial charge in [0.05, 0.1) is 61.6 Å². The van der Waals surface area contributed by atoms with Gasteiger partial charge in [-0.3, -0.25) is 9.59 Å². The van der Waals surface area contributed by atoms with Crippen LogP contribution in [0.25, 0.3) is 33.8 Å². The molecule has 0 spiro atoms. The molecule has 0 saturated carbocycles. The first-order chi connectivity index (χ1) is 57.8. The Labute approximate surface area is 697 Å². The Hall–Kier alpha value is -12.0. The Morgan fingerprint density at radius 2 is 0.750 bits per heavy atom. The summed E-state index contributed by atoms with van der Waals surface area (Å²) in [5.41, 5.74) is 6.77. The first-order valence-corrected chi connectivity index (χ1v) is 40.1. The molecule has 27 heteroatoms. The molecule has 3 aromatic heterocycles. The van der Waals surface area contributed by atoms with Crippen molar-refractivity contribution in [1.82, 2.24) is 30.1 Å². The van der Waals surface area contributed by atoms with E-state index in [0.717, 1.165) is 65.5 Å². The number of carbonyl (C=O) groups is 4. The van der Waals surface area contributed by atoms with Crippen LogP contribution in [0.4, 0.5) is 39.8 Å². The van der Waals surface area contributed by atoms with Crippen molar-refractivity contribution in [3.63, 3.8) is 0 Å². The number of Topliss-reactive ketones (excluding diaryl/α,β-unsaturated/α-hetero) is 2. The molecule has 632 valence electrons. The van der Waals surface area contributed by atoms with E-state index in [9.17, 15) is 47.7 Å². The minimum atomic E-state index is -1.49. The lowest BCUT2D eigenvalue weighted by Crippen LogP contribution is -2.49. The Balaban J connectivity index is 0.000000179. The molecule has 3 fully saturated rings. The number of halogens is 3. The van der Waals surface area contributed by atoms with Gasteiger partial charge < -0.3 is 83.8 Å². The highest BCUT2D eigenvalue weighted by Gasteiger charge is 2.33. The van der Waals surface area contributed by atoms with Gasteiger partial charge in [0, 0.05) is 136 Å². The normalized spacial score (nSPS) is 14.9. The number of aliphatic hydroxyl groups is 5. The molecule has 3 aliphatic rings. The number of nitrogens with one attached hydrogen (secondary N) is 1. The molecular formula is C93H104F3N9O15. The van der Waals surface area contributed by atoms with Gasteiger partial charge in [-0.25, -0.2) is 37.7 Å². The molecule has 3 saturated heterocycles. The van der Waals surface area contributed by atoms with Gasteiger partial charge in [0.15, 0.2) is 34.6 Å². The fourth-order valence-electron chi connectivity index (χ4n) is 13.7. The summed E-state index contributed by atoms with van der Waals surface area (Å²) >= 11 is 0. The van der Waals surface area contributed by atoms with Crippen LogP contribution in [0.5, 0.6) is 23.0 Å². The van der Waals surface area contributed by atoms with Crippen molar-refractivity contribution in [1.29, 1.82) is 0 Å². The van der Waals surface area contributed by atoms with Gasteiger partial charge in [-0.15, -0.1) is 0 Å². The predicted molar refractivity (Wildman–Crippen MR) is 452 cm³/mol. The van der Waals surface area contributed by atoms with Crippen LogP contribution in [0, 0.1) is 17.5 Å². The van der Waals surface area contributed by atoms with Crippen LogP contribution in [0.2, 0.25) is 0 Å². The summed E-state index contributed by atoms with van der Waals surface area (Å²) in [5, 5.41) is 55.5. The van der Waals surface area contributed by atoms with E-state index in [1.807, 2.05) is 97.9 Å². The van der Waals surface area contributed by atoms with Crippen molar-refractivity contribution in [3.8, 4) is 56.8 Å². The van der Waals surface area contributed by atoms with Crippen LogP contribution in [0.3, 0.4) is 0 Å². The van der Waals surface area contributed by atoms with Gasteiger partial charge >= 0.3 is 12.2 Å². The van der Waals surface area contributed by atoms with Crippen molar-refractivity contribution in [2.75, 3.05) is 134 Å². The van der Waals surface area contributed by atoms with E-state index in [4.69, 9.17) is 48.6 Å². The number of rotatable bonds is 30. The maximum atomic E-state index is 13.8. The maximum absolute atomic E-state index is 13.8. The number of methoxy groups -OCH3 is 2. The summed E-state index contributed by atoms with van der Waals surface area (Å²) in [5.74, 6) is 0.233. The van der Waals surface area contributed by atoms with Gasteiger partial charge in [0.2, 0.25) is 0 Å². The predicted octanol–water partition coefficient (Wildman–Crippen LogP) is 14.1. The molecule has 7 aromatic carbocycles. The molecule has 3 atom stereocenters. The van der Waals surface area contributed by atoms with Crippen LogP contribution in [-0.4, -0.2) is 193 Å². The Kier molecular flexibility index (Phi) is 31.2. The maximum Gasteiger partial charge on any atom is 0.410 e. The smallest absolute Gasteiger partial charge is 0.410 e. The van der Waals surface area contributed by atoms with Gasteiger partial charge in [-0.2, -0.15) is 0 Å². The number of hydrogen-bond acceptors (Lipinski definition) is 22. The van der Waals surface area contributed by atoms with Gasteiger partial charge in [-0.1, -0.05) is 67.6 Å². The minimum absolute atomic E-state index is 0.0224. The third kappa shape index (κ3) is 24.4. The second-order valence-corrected chi connectivity index (χ2v) is 30.0. The van der Waals surface area contributed by atoms with Gasteiger partial charge in [0.25, 0.3) is 0 Å². The molecule has 6 N–H and O–H groups in total. The first-order valence-electron chi connectivity index (χ1n) is 40.1. The number of piperazine rings is 3. The van der Waals surface area contributed by atoms with Crippen LogP contribution in [-0.2, 0) is 39.5 Å². The summed E-state index contributed by atoms with van der Waals surface area (Å²) in [4.78, 5) is 75.6. The number of nitrogens with zero attached hydrogens (tertiary/aromatic N) is 8. The van der Waals surface area contributed by atoms with E-state index in [-0.39, 0.29) is 107 Å². The number of hydrogen-bond donors (Lipinski definition) is 6. The Morgan fingerprint density at radius 3 is 1.07 bits per heavy atom. The van der Waals surface area contributed by atoms with Crippen LogP contribution in [0.15, 0.2) is 206 Å². The van der Waals surface area contributed by atoms with Crippen molar-refractivity contribution in [2.24, 2.45) is 0 Å². The fraction of sp³-hybridized carbons (Fsp3) is 0.344. The zero-order valence-electron chi connectivity index (χ0n) is 68.4. The third-order valence-corrected chi connectivity index (χ3v) is 21.2. The third-order valence-electron chi connectivity index (χ3n) is 21.2. The van der Waals surface area contributed by atoms with Gasteiger partial charge in [-0.05, 0) is 197 Å². The van der Waals surface area contributed by atoms with Crippen molar-refractivity contribution in [2.45, 2.75) is 89.8 Å². The van der Waals surface area contributed by atoms with E-state index in [0.29, 0.717) is 133 Å². The summed E-state index contributed by atoms with van der Waals surface area (Å²) in [7, 11) is 2.95. The monoisotopic (exact) mass is 1640 g/mol. The van der Waals surface area contributed by atoms with Crippen LogP contribution >= 0.6 is 0 Å². The largest absolute Gasteiger partial charge is 0.493 e. The number of aliphatic hydroxyl groups excluding tert-OH is 2. The lowest BCUT2D eigenvalue weighted by Gasteiger charge is -2.36. The number of ketones is 2. The van der Waals surface area contributed by atoms with Crippen molar-refractivity contribution >= 4 is 40.8 Å². The average Bonchev–Trinajstić information content (AvgIpc) is 0.795. The molecule has 0 radical (unpaired) electrons. The SMILES string of the molecule is CCC(C)(O)c1cc(N2CCN(C(=O)OCc3ccccc3)CC2)cc(-c2ccc(F)cc2)n1.COc1cc(C(=O)CCC(C)(O)c2cc(N3CCN(C(=O)OCc4ccccc4)CC3)cc(-c3ccc(F)cc3)n2)ccc1OCCO.COc1cc(C(=O)CCC(C)(O)c2cc(N3CCNCC3)cc(-c3ccc(F)cc3)n2)ccc1OCCO. The van der Waals surface area contributed by atoms with E-state index in [2.05, 4.69) is 25.0 Å². The molecule has 0 bridgehead atoms. The Morgan fingerprint density at radius 1 is 0.417 bits per heavy atom. The molecule has 2 amide bonds. The van der Waals surface area contributed by atoms with E-state index in [1.165, 1.54) is 50.6 Å². The van der Waals surface area contributed by atoms with Crippen molar-refractivity contribution in [3.05, 3.63) is 263 Å². The number of aromatic nitrogens is 3. The summed E-state index contributed by atoms with van der Waals surface area (Å²) in [6, 6.07) is 58.4. The molecule has 120 heavy (non-hydrogen) atoms. The molecule has 3 aliphatic heterocycles. The highest BCUT2D eigenvalue weighted by molar-refractivity contribution is 5.97. The quantitative estimate of drug-likeness (QED) is 0.0228. The topological polar surface area (TPSA) is 292 Å². The molecule has 13 rings (SSSR count). The zero-order chi connectivity index (χ0) is 85.4. The second-order valence-electron chi connectivity index (χ2n) is 30.0. The van der Waals surface area contributed by atoms with Gasteiger partial charge in [0.1, 0.15) is 60.7 Å². The number of amides is 2. The lowest BCUT2D eigenvalue weighted by atomic mass is 9.91. The van der Waals surface area contributed by atoms with Crippen LogP contribution < -0.4 is 39.0 Å². The van der Waals surface area contributed by atoms with E-state index >= 15 is 0 Å². The van der Waals surface area contributed by atoms with Crippen LogP contribution in [0.1, 0.15) is 109 Å². The molecule has 10 aromatic rings. The number of ether oxygens (including phenoxy) is 6. The first kappa shape index (κ1) is 88.8. The second kappa shape index (κ2) is 42.1. The summed E-state index contributed by atoms with van der Waals surface area (Å²) in [6.45, 7) is 14.9. The highest BCUT2D eigenvalue weighted by Crippen LogP contribution is 2.38. The standard InChI is InChI=1S/C37H40FN3O7.C29H34FN3O5.C27H30FN3O3/c1-37(45,15-14-32(43)28-10-13-33(47-21-20-42)34(22-28)46-2)35-24-30(23-31(39-35)27-8-11-29(38)12-9-27)40-16-18-41(19-17-40)36(44)48-25-26-6-4-3-5-7-26;1-29(36,10-9-25(35)21-5-8-26(38-16-15-34)27(17-21)37-2)28-19-23(33-13-11-31-12-14-33)18-24(32-28)20-3-6-22(30)7-4-20;1-3-27(2,33)25-18-23(17-24(29-25)21-9-11-22(28)12-10-21)30-13-15-31(16-14-30)26(32)34-19-20-7-5-4-6-8-20/h3-13,22-24,42,45H,14-21,25H2,1-2H3;3-8,17-19,31,34,36H,9-16H2,1-2H3;4-12,17-18,33H,3,13-16,19H2,1-2H3. The van der Waals surface area contributed by atoms with E-state index < -0.39 is 16.8 Å². The zero-order valence-corrected chi connectivity index (χ0v) is 68.4. The average molecular weight is 1640 g/mol. The number of carbonyl (C=O) groups excluding carboxylic acids is 4. The molecule has 3 unspecified atom stereocenters. The summed E-state index contributed by atoms with van der Waals surface area (Å²) < 4.78 is 73.3. The highest BCUT2D eigenvalue weighted by atomic mass is 19.1. The molecular weight excluding hydrogens is 1540 g/mol. The minimum Gasteiger partial charge on any atom is -0.493 e. The number of anilines is 3. The number of pyridine rings is 3. The Bertz CT molecular complexity index is 5030. The molecule has 0 aliphatic carbocycles. The fourth-order valence-corrected chi connectivity index (χ4v) is 13.7. The molecule has 24 nitrogen and oxygen atoms in total. The van der Waals surface area contributed by atoms with Crippen molar-refractivity contribution < 1.29 is 86.3 Å². The van der Waals surface area contributed by atoms with E-state index in [1.54, 1.807) is 109 Å².